The monoisotopic (exact) mass is 461 g/mol. The highest BCUT2D eigenvalue weighted by Crippen LogP contribution is 2.25. The first kappa shape index (κ1) is 21.3. The van der Waals surface area contributed by atoms with E-state index in [-0.39, 0.29) is 11.4 Å². The molecular formula is C20H28BrN7O. The maximum absolute atomic E-state index is 12.3. The number of nitrogens with two attached hydrogens (primary N) is 1. The van der Waals surface area contributed by atoms with Crippen LogP contribution in [0, 0.1) is 5.41 Å². The molecule has 2 heterocycles. The van der Waals surface area contributed by atoms with E-state index < -0.39 is 0 Å². The minimum absolute atomic E-state index is 0.0418. The summed E-state index contributed by atoms with van der Waals surface area (Å²) in [5, 5.41) is 9.46. The lowest BCUT2D eigenvalue weighted by molar-refractivity contribution is 0.222. The number of amides is 2. The average molecular weight is 462 g/mol. The molecular weight excluding hydrogens is 434 g/mol. The van der Waals surface area contributed by atoms with E-state index in [4.69, 9.17) is 5.73 Å². The summed E-state index contributed by atoms with van der Waals surface area (Å²) in [5.74, 6) is 1.16. The van der Waals surface area contributed by atoms with E-state index in [2.05, 4.69) is 55.7 Å². The fraction of sp³-hybridized carbons (Fsp3) is 0.450. The molecule has 0 aliphatic carbocycles. The van der Waals surface area contributed by atoms with Gasteiger partial charge in [-0.1, -0.05) is 19.9 Å². The molecule has 8 nitrogen and oxygen atoms in total. The second kappa shape index (κ2) is 9.41. The van der Waals surface area contributed by atoms with E-state index in [0.717, 1.165) is 41.8 Å². The van der Waals surface area contributed by atoms with E-state index in [0.29, 0.717) is 24.9 Å². The first-order valence-corrected chi connectivity index (χ1v) is 10.6. The number of nitrogens with zero attached hydrogens (tertiary/aromatic N) is 3. The topological polar surface area (TPSA) is 108 Å². The summed E-state index contributed by atoms with van der Waals surface area (Å²) < 4.78 is 0.780. The third kappa shape index (κ3) is 6.04. The number of rotatable bonds is 7. The van der Waals surface area contributed by atoms with Gasteiger partial charge in [0.2, 0.25) is 5.95 Å². The van der Waals surface area contributed by atoms with Crippen molar-refractivity contribution in [3.63, 3.8) is 0 Å². The number of urea groups is 1. The molecule has 1 aromatic carbocycles. The molecule has 0 bridgehead atoms. The van der Waals surface area contributed by atoms with Crippen LogP contribution in [0.4, 0.5) is 27.9 Å². The van der Waals surface area contributed by atoms with Crippen molar-refractivity contribution in [2.75, 3.05) is 42.1 Å². The lowest BCUT2D eigenvalue weighted by Gasteiger charge is -2.23. The van der Waals surface area contributed by atoms with Crippen LogP contribution >= 0.6 is 15.9 Å². The smallest absolute Gasteiger partial charge is 0.321 e. The number of carbonyl (C=O) groups is 1. The highest BCUT2D eigenvalue weighted by atomic mass is 79.9. The second-order valence-electron chi connectivity index (χ2n) is 7.94. The molecule has 0 unspecified atom stereocenters. The Hall–Kier alpha value is -2.39. The van der Waals surface area contributed by atoms with Gasteiger partial charge in [-0.3, -0.25) is 0 Å². The number of hydrogen-bond donors (Lipinski definition) is 4. The molecule has 1 aliphatic heterocycles. The molecule has 5 N–H and O–H groups in total. The first-order chi connectivity index (χ1) is 13.9. The summed E-state index contributed by atoms with van der Waals surface area (Å²) in [6.45, 7) is 7.08. The predicted molar refractivity (Wildman–Crippen MR) is 121 cm³/mol. The summed E-state index contributed by atoms with van der Waals surface area (Å²) in [6, 6.07) is 7.45. The van der Waals surface area contributed by atoms with E-state index >= 15 is 0 Å². The van der Waals surface area contributed by atoms with Crippen molar-refractivity contribution in [1.82, 2.24) is 14.9 Å². The average Bonchev–Trinajstić information content (AvgIpc) is 3.24. The Morgan fingerprint density at radius 3 is 2.72 bits per heavy atom. The molecule has 0 atom stereocenters. The summed E-state index contributed by atoms with van der Waals surface area (Å²) in [5.41, 5.74) is 7.28. The number of nitrogens with one attached hydrogen (secondary N) is 3. The van der Waals surface area contributed by atoms with Gasteiger partial charge in [0.1, 0.15) is 5.82 Å². The molecule has 3 rings (SSSR count). The highest BCUT2D eigenvalue weighted by molar-refractivity contribution is 9.10. The number of hydrogen-bond acceptors (Lipinski definition) is 6. The number of aromatic nitrogens is 2. The zero-order valence-corrected chi connectivity index (χ0v) is 18.4. The van der Waals surface area contributed by atoms with Gasteiger partial charge in [0.05, 0.1) is 4.47 Å². The molecule has 156 valence electrons. The number of carbonyl (C=O) groups excluding carboxylic acids is 1. The van der Waals surface area contributed by atoms with Crippen molar-refractivity contribution in [3.8, 4) is 0 Å². The van der Waals surface area contributed by atoms with Crippen molar-refractivity contribution >= 4 is 45.1 Å². The van der Waals surface area contributed by atoms with Gasteiger partial charge in [0.15, 0.2) is 0 Å². The van der Waals surface area contributed by atoms with Gasteiger partial charge in [0.25, 0.3) is 0 Å². The number of likely N-dealkylation sites (tertiary alicyclic amines) is 1. The Morgan fingerprint density at radius 2 is 2.00 bits per heavy atom. The van der Waals surface area contributed by atoms with E-state index in [1.165, 1.54) is 0 Å². The molecule has 2 amide bonds. The van der Waals surface area contributed by atoms with Crippen LogP contribution in [0.15, 0.2) is 34.9 Å². The third-order valence-electron chi connectivity index (χ3n) is 4.79. The predicted octanol–water partition coefficient (Wildman–Crippen LogP) is 4.01. The summed E-state index contributed by atoms with van der Waals surface area (Å²) in [6.07, 6.45) is 3.83. The number of benzene rings is 1. The van der Waals surface area contributed by atoms with Crippen LogP contribution in [0.1, 0.15) is 26.7 Å². The molecule has 1 aliphatic rings. The van der Waals surface area contributed by atoms with E-state index in [1.807, 2.05) is 29.2 Å². The lowest BCUT2D eigenvalue weighted by Crippen LogP contribution is -2.32. The summed E-state index contributed by atoms with van der Waals surface area (Å²) in [7, 11) is 0. The quantitative estimate of drug-likeness (QED) is 0.495. The molecule has 1 aromatic heterocycles. The van der Waals surface area contributed by atoms with Crippen molar-refractivity contribution < 1.29 is 4.79 Å². The Morgan fingerprint density at radius 1 is 1.28 bits per heavy atom. The zero-order chi connectivity index (χ0) is 20.9. The molecule has 1 saturated heterocycles. The van der Waals surface area contributed by atoms with Gasteiger partial charge in [0, 0.05) is 37.2 Å². The van der Waals surface area contributed by atoms with Crippen molar-refractivity contribution in [3.05, 3.63) is 34.9 Å². The van der Waals surface area contributed by atoms with Crippen LogP contribution in [0.3, 0.4) is 0 Å². The van der Waals surface area contributed by atoms with Crippen molar-refractivity contribution in [1.29, 1.82) is 0 Å². The Balaban J connectivity index is 1.66. The standard InChI is InChI=1S/C20H28BrN7O/c1-20(2,12-22)13-24-17-16(21)11-23-18(27-17)25-14-6-5-7-15(10-14)26-19(29)28-8-3-4-9-28/h5-7,10-11H,3-4,8-9,12-13,22H2,1-2H3,(H,26,29)(H2,23,24,25,27). The van der Waals surface area contributed by atoms with E-state index in [9.17, 15) is 4.79 Å². The normalized spacial score (nSPS) is 14.0. The summed E-state index contributed by atoms with van der Waals surface area (Å²) >= 11 is 3.48. The van der Waals surface area contributed by atoms with E-state index in [1.54, 1.807) is 6.20 Å². The van der Waals surface area contributed by atoms with Gasteiger partial charge in [-0.2, -0.15) is 4.98 Å². The molecule has 0 spiro atoms. The SMILES string of the molecule is CC(C)(CN)CNc1nc(Nc2cccc(NC(=O)N3CCCC3)c2)ncc1Br. The highest BCUT2D eigenvalue weighted by Gasteiger charge is 2.18. The van der Waals surface area contributed by atoms with Crippen molar-refractivity contribution in [2.24, 2.45) is 11.1 Å². The third-order valence-corrected chi connectivity index (χ3v) is 5.37. The van der Waals surface area contributed by atoms with Crippen LogP contribution < -0.4 is 21.7 Å². The minimum atomic E-state index is -0.0615. The first-order valence-electron chi connectivity index (χ1n) is 9.76. The van der Waals surface area contributed by atoms with Crippen molar-refractivity contribution in [2.45, 2.75) is 26.7 Å². The maximum atomic E-state index is 12.3. The van der Waals surface area contributed by atoms with Crippen LogP contribution in [-0.2, 0) is 0 Å². The molecule has 0 radical (unpaired) electrons. The van der Waals surface area contributed by atoms with Gasteiger partial charge in [-0.05, 0) is 58.9 Å². The molecule has 1 fully saturated rings. The van der Waals surface area contributed by atoms with Gasteiger partial charge in [-0.15, -0.1) is 0 Å². The Labute approximate surface area is 179 Å². The van der Waals surface area contributed by atoms with Gasteiger partial charge < -0.3 is 26.6 Å². The Kier molecular flexibility index (Phi) is 6.92. The fourth-order valence-electron chi connectivity index (χ4n) is 2.87. The minimum Gasteiger partial charge on any atom is -0.368 e. The number of halogens is 1. The maximum Gasteiger partial charge on any atom is 0.321 e. The van der Waals surface area contributed by atoms with Crippen LogP contribution in [0.2, 0.25) is 0 Å². The van der Waals surface area contributed by atoms with Crippen LogP contribution in [0.25, 0.3) is 0 Å². The number of anilines is 4. The van der Waals surface area contributed by atoms with Gasteiger partial charge >= 0.3 is 6.03 Å². The van der Waals surface area contributed by atoms with Crippen LogP contribution in [0.5, 0.6) is 0 Å². The lowest BCUT2D eigenvalue weighted by atomic mass is 9.94. The largest absolute Gasteiger partial charge is 0.368 e. The fourth-order valence-corrected chi connectivity index (χ4v) is 3.20. The van der Waals surface area contributed by atoms with Gasteiger partial charge in [-0.25, -0.2) is 9.78 Å². The molecule has 0 saturated carbocycles. The van der Waals surface area contributed by atoms with Crippen LogP contribution in [-0.4, -0.2) is 47.1 Å². The molecule has 29 heavy (non-hydrogen) atoms. The Bertz CT molecular complexity index is 852. The zero-order valence-electron chi connectivity index (χ0n) is 16.8. The molecule has 9 heteroatoms. The second-order valence-corrected chi connectivity index (χ2v) is 8.80. The summed E-state index contributed by atoms with van der Waals surface area (Å²) in [4.78, 5) is 23.0. The molecule has 2 aromatic rings.